The highest BCUT2D eigenvalue weighted by atomic mass is 19.1. The van der Waals surface area contributed by atoms with E-state index in [-0.39, 0.29) is 18.9 Å². The highest BCUT2D eigenvalue weighted by Gasteiger charge is 2.24. The number of halogens is 1. The largest absolute Gasteiger partial charge is 0.456 e. The molecule has 0 saturated heterocycles. The van der Waals surface area contributed by atoms with Crippen LogP contribution in [0.1, 0.15) is 38.8 Å². The van der Waals surface area contributed by atoms with E-state index >= 15 is 0 Å². The van der Waals surface area contributed by atoms with Gasteiger partial charge < -0.3 is 20.5 Å². The van der Waals surface area contributed by atoms with Gasteiger partial charge in [0, 0.05) is 12.1 Å². The van der Waals surface area contributed by atoms with Crippen molar-refractivity contribution >= 4 is 11.8 Å². The molecule has 0 saturated carbocycles. The van der Waals surface area contributed by atoms with E-state index in [1.54, 1.807) is 45.9 Å². The van der Waals surface area contributed by atoms with Crippen molar-refractivity contribution in [1.29, 1.82) is 0 Å². The number of carbonyl (C=O) groups is 1. The summed E-state index contributed by atoms with van der Waals surface area (Å²) in [5.41, 5.74) is 7.19. The first-order valence-corrected chi connectivity index (χ1v) is 9.38. The molecular weight excluding hydrogens is 373 g/mol. The fraction of sp³-hybridized carbons (Fsp3) is 0.318. The van der Waals surface area contributed by atoms with Crippen LogP contribution in [0.25, 0.3) is 0 Å². The summed E-state index contributed by atoms with van der Waals surface area (Å²) < 4.78 is 25.4. The number of carbonyl (C=O) groups excluding carboxylic acids is 1. The van der Waals surface area contributed by atoms with Crippen LogP contribution >= 0.6 is 0 Å². The number of allylic oxidation sites excluding steroid dienone is 1. The van der Waals surface area contributed by atoms with Gasteiger partial charge in [0.1, 0.15) is 23.0 Å². The lowest BCUT2D eigenvalue weighted by atomic mass is 10.1. The van der Waals surface area contributed by atoms with Crippen LogP contribution in [0, 0.1) is 5.82 Å². The van der Waals surface area contributed by atoms with Crippen LogP contribution in [0.15, 0.2) is 54.0 Å². The molecular formula is C22H26FN3O3. The summed E-state index contributed by atoms with van der Waals surface area (Å²) in [4.78, 5) is 14.2. The minimum atomic E-state index is -0.660. The average molecular weight is 399 g/mol. The number of hydrogen-bond acceptors (Lipinski definition) is 5. The van der Waals surface area contributed by atoms with E-state index in [0.717, 1.165) is 5.56 Å². The van der Waals surface area contributed by atoms with E-state index in [0.29, 0.717) is 28.6 Å². The lowest BCUT2D eigenvalue weighted by Gasteiger charge is -2.28. The van der Waals surface area contributed by atoms with Crippen molar-refractivity contribution in [1.82, 2.24) is 4.90 Å². The second-order valence-corrected chi connectivity index (χ2v) is 7.96. The number of nitrogens with zero attached hydrogens (tertiary/aromatic N) is 1. The first kappa shape index (κ1) is 20.5. The molecule has 0 fully saturated rings. The van der Waals surface area contributed by atoms with Gasteiger partial charge in [-0.1, -0.05) is 24.3 Å². The number of amides is 1. The van der Waals surface area contributed by atoms with Crippen molar-refractivity contribution in [2.24, 2.45) is 5.73 Å². The number of fused-ring (bicyclic) bond motifs is 1. The molecule has 154 valence electrons. The Kier molecular flexibility index (Phi) is 5.68. The highest BCUT2D eigenvalue weighted by molar-refractivity contribution is 5.69. The van der Waals surface area contributed by atoms with Crippen LogP contribution in [0.3, 0.4) is 0 Å². The number of nitrogens with one attached hydrogen (secondary N) is 1. The van der Waals surface area contributed by atoms with E-state index in [9.17, 15) is 9.18 Å². The molecule has 29 heavy (non-hydrogen) atoms. The molecule has 0 aliphatic carbocycles. The van der Waals surface area contributed by atoms with Gasteiger partial charge in [0.25, 0.3) is 0 Å². The summed E-state index contributed by atoms with van der Waals surface area (Å²) >= 11 is 0. The molecule has 2 aromatic rings. The highest BCUT2D eigenvalue weighted by Crippen LogP contribution is 2.32. The molecule has 2 aromatic carbocycles. The van der Waals surface area contributed by atoms with E-state index < -0.39 is 11.7 Å². The first-order valence-electron chi connectivity index (χ1n) is 9.38. The molecule has 0 aromatic heterocycles. The fourth-order valence-corrected chi connectivity index (χ4v) is 2.88. The number of benzene rings is 2. The number of nitrogens with two attached hydrogens (primary N) is 1. The second kappa shape index (κ2) is 8.03. The summed E-state index contributed by atoms with van der Waals surface area (Å²) in [6, 6.07) is 11.9. The number of ether oxygens (including phenoxy) is 2. The predicted octanol–water partition coefficient (Wildman–Crippen LogP) is 4.72. The van der Waals surface area contributed by atoms with Crippen LogP contribution in [0.4, 0.5) is 14.9 Å². The monoisotopic (exact) mass is 399 g/mol. The zero-order valence-corrected chi connectivity index (χ0v) is 17.1. The van der Waals surface area contributed by atoms with E-state index in [2.05, 4.69) is 5.32 Å². The molecule has 1 heterocycles. The SMILES string of the molecule is CC1=C(N)Nc2cc(CN(Cc3ccccc3F)C(=O)OC(C)(C)C)ccc2O1. The normalized spacial score (nSPS) is 13.3. The third-order valence-corrected chi connectivity index (χ3v) is 4.30. The number of rotatable bonds is 4. The fourth-order valence-electron chi connectivity index (χ4n) is 2.88. The van der Waals surface area contributed by atoms with Crippen molar-refractivity contribution in [3.63, 3.8) is 0 Å². The molecule has 6 nitrogen and oxygen atoms in total. The Balaban J connectivity index is 1.85. The van der Waals surface area contributed by atoms with Gasteiger partial charge in [-0.05, 0) is 51.5 Å². The minimum absolute atomic E-state index is 0.0871. The second-order valence-electron chi connectivity index (χ2n) is 7.96. The zero-order chi connectivity index (χ0) is 21.2. The Labute approximate surface area is 170 Å². The molecule has 3 N–H and O–H groups in total. The van der Waals surface area contributed by atoms with Crippen LogP contribution in [0.5, 0.6) is 5.75 Å². The molecule has 0 atom stereocenters. The summed E-state index contributed by atoms with van der Waals surface area (Å²) in [6.45, 7) is 7.49. The van der Waals surface area contributed by atoms with Crippen LogP contribution in [0.2, 0.25) is 0 Å². The summed E-state index contributed by atoms with van der Waals surface area (Å²) in [6.07, 6.45) is -0.516. The van der Waals surface area contributed by atoms with Gasteiger partial charge in [0.05, 0.1) is 12.2 Å². The number of hydrogen-bond donors (Lipinski definition) is 2. The predicted molar refractivity (Wildman–Crippen MR) is 109 cm³/mol. The van der Waals surface area contributed by atoms with Gasteiger partial charge in [-0.15, -0.1) is 0 Å². The molecule has 1 amide bonds. The molecule has 1 aliphatic rings. The summed E-state index contributed by atoms with van der Waals surface area (Å²) in [5, 5.41) is 3.09. The zero-order valence-electron chi connectivity index (χ0n) is 17.1. The smallest absolute Gasteiger partial charge is 0.410 e. The minimum Gasteiger partial charge on any atom is -0.456 e. The Morgan fingerprint density at radius 3 is 2.62 bits per heavy atom. The van der Waals surface area contributed by atoms with Crippen molar-refractivity contribution in [3.8, 4) is 5.75 Å². The molecule has 0 unspecified atom stereocenters. The topological polar surface area (TPSA) is 76.8 Å². The van der Waals surface area contributed by atoms with Gasteiger partial charge >= 0.3 is 6.09 Å². The van der Waals surface area contributed by atoms with E-state index in [1.807, 2.05) is 18.2 Å². The van der Waals surface area contributed by atoms with E-state index in [1.165, 1.54) is 11.0 Å². The van der Waals surface area contributed by atoms with Gasteiger partial charge in [-0.3, -0.25) is 4.90 Å². The average Bonchev–Trinajstić information content (AvgIpc) is 2.62. The van der Waals surface area contributed by atoms with Gasteiger partial charge in [-0.25, -0.2) is 9.18 Å². The molecule has 3 rings (SSSR count). The Morgan fingerprint density at radius 2 is 1.93 bits per heavy atom. The standard InChI is InChI=1S/C22H26FN3O3/c1-14-20(24)25-18-11-15(9-10-19(18)28-14)12-26(21(27)29-22(2,3)4)13-16-7-5-6-8-17(16)23/h5-11,25H,12-13,24H2,1-4H3. The van der Waals surface area contributed by atoms with Crippen molar-refractivity contribution < 1.29 is 18.7 Å². The first-order chi connectivity index (χ1) is 13.6. The van der Waals surface area contributed by atoms with Crippen molar-refractivity contribution in [2.75, 3.05) is 5.32 Å². The molecule has 1 aliphatic heterocycles. The third-order valence-electron chi connectivity index (χ3n) is 4.30. The molecule has 7 heteroatoms. The Morgan fingerprint density at radius 1 is 1.21 bits per heavy atom. The van der Waals surface area contributed by atoms with Crippen molar-refractivity contribution in [3.05, 3.63) is 71.0 Å². The Bertz CT molecular complexity index is 951. The van der Waals surface area contributed by atoms with E-state index in [4.69, 9.17) is 15.2 Å². The lowest BCUT2D eigenvalue weighted by Crippen LogP contribution is -2.36. The van der Waals surface area contributed by atoms with Gasteiger partial charge in [0.15, 0.2) is 5.75 Å². The maximum Gasteiger partial charge on any atom is 0.410 e. The van der Waals surface area contributed by atoms with Crippen molar-refractivity contribution in [2.45, 2.75) is 46.4 Å². The quantitative estimate of drug-likeness (QED) is 0.778. The van der Waals surface area contributed by atoms with Crippen LogP contribution in [-0.4, -0.2) is 16.6 Å². The lowest BCUT2D eigenvalue weighted by molar-refractivity contribution is 0.0215. The van der Waals surface area contributed by atoms with Gasteiger partial charge in [-0.2, -0.15) is 0 Å². The maximum absolute atomic E-state index is 14.2. The third kappa shape index (κ3) is 5.19. The summed E-state index contributed by atoms with van der Waals surface area (Å²) in [7, 11) is 0. The molecule has 0 radical (unpaired) electrons. The maximum atomic E-state index is 14.2. The molecule has 0 bridgehead atoms. The molecule has 0 spiro atoms. The Hall–Kier alpha value is -3.22. The summed E-state index contributed by atoms with van der Waals surface area (Å²) in [5.74, 6) is 1.32. The van der Waals surface area contributed by atoms with Crippen LogP contribution in [-0.2, 0) is 17.8 Å². The number of anilines is 1. The van der Waals surface area contributed by atoms with Gasteiger partial charge in [0.2, 0.25) is 0 Å². The van der Waals surface area contributed by atoms with Crippen LogP contribution < -0.4 is 15.8 Å².